The number of nitrogens with zero attached hydrogens (tertiary/aromatic N) is 3. The lowest BCUT2D eigenvalue weighted by Crippen LogP contribution is -2.34. The van der Waals surface area contributed by atoms with E-state index in [2.05, 4.69) is 10.4 Å². The smallest absolute Gasteiger partial charge is 0.394 e. The van der Waals surface area contributed by atoms with Crippen molar-refractivity contribution in [2.45, 2.75) is 19.1 Å². The van der Waals surface area contributed by atoms with Crippen LogP contribution in [0.4, 0.5) is 13.2 Å². The Morgan fingerprint density at radius 1 is 1.28 bits per heavy atom. The van der Waals surface area contributed by atoms with Crippen LogP contribution in [0.3, 0.4) is 0 Å². The van der Waals surface area contributed by atoms with Crippen molar-refractivity contribution in [1.82, 2.24) is 19.7 Å². The number of thiophene rings is 1. The summed E-state index contributed by atoms with van der Waals surface area (Å²) in [5.74, 6) is -0.316. The molecule has 4 rings (SSSR count). The number of aliphatic hydroxyl groups is 1. The fourth-order valence-electron chi connectivity index (χ4n) is 3.16. The molecule has 29 heavy (non-hydrogen) atoms. The summed E-state index contributed by atoms with van der Waals surface area (Å²) >= 11 is 1.22. The second-order valence-electron chi connectivity index (χ2n) is 6.81. The highest BCUT2D eigenvalue weighted by Gasteiger charge is 2.30. The first-order valence-corrected chi connectivity index (χ1v) is 9.57. The fourth-order valence-corrected chi connectivity index (χ4v) is 4.26. The second kappa shape index (κ2) is 6.89. The summed E-state index contributed by atoms with van der Waals surface area (Å²) < 4.78 is 42.1. The number of carbonyl (C=O) groups is 1. The lowest BCUT2D eigenvalue weighted by atomic mass is 10.2. The number of amides is 1. The van der Waals surface area contributed by atoms with E-state index in [1.54, 1.807) is 29.3 Å². The van der Waals surface area contributed by atoms with Crippen LogP contribution >= 0.6 is 11.3 Å². The van der Waals surface area contributed by atoms with Gasteiger partial charge in [0.05, 0.1) is 17.0 Å². The average Bonchev–Trinajstić information content (AvgIpc) is 3.31. The molecule has 3 aromatic heterocycles. The predicted octanol–water partition coefficient (Wildman–Crippen LogP) is 3.71. The van der Waals surface area contributed by atoms with E-state index in [1.165, 1.54) is 23.5 Å². The number of fused-ring (bicyclic) bond motifs is 3. The van der Waals surface area contributed by atoms with Gasteiger partial charge in [-0.05, 0) is 37.3 Å². The van der Waals surface area contributed by atoms with Gasteiger partial charge in [0.2, 0.25) is 0 Å². The van der Waals surface area contributed by atoms with E-state index in [0.29, 0.717) is 21.0 Å². The van der Waals surface area contributed by atoms with Crippen LogP contribution in [0.15, 0.2) is 36.5 Å². The number of aromatic nitrogens is 3. The van der Waals surface area contributed by atoms with Crippen molar-refractivity contribution >= 4 is 38.5 Å². The summed E-state index contributed by atoms with van der Waals surface area (Å²) in [5, 5.41) is 17.9. The Labute approximate surface area is 167 Å². The molecule has 10 heteroatoms. The largest absolute Gasteiger partial charge is 0.416 e. The molecule has 0 aliphatic rings. The van der Waals surface area contributed by atoms with Crippen molar-refractivity contribution in [1.29, 1.82) is 0 Å². The van der Waals surface area contributed by atoms with Crippen molar-refractivity contribution in [3.8, 4) is 5.69 Å². The third-order valence-corrected chi connectivity index (χ3v) is 5.67. The zero-order valence-corrected chi connectivity index (χ0v) is 16.3. The molecule has 152 valence electrons. The predicted molar refractivity (Wildman–Crippen MR) is 104 cm³/mol. The standard InChI is InChI=1S/C19H17F3N4O2S/c1-10(9-27)23-17(28)15-7-13-14-8-25(2)24-16(14)26(18(13)29-15)12-5-3-11(4-6-12)19(20,21)22/h3-8,10,27H,9H2,1-2H3,(H,23,28)/t10-/m1/s1. The zero-order chi connectivity index (χ0) is 20.9. The molecule has 0 radical (unpaired) electrons. The minimum absolute atomic E-state index is 0.179. The molecule has 0 bridgehead atoms. The van der Waals surface area contributed by atoms with Crippen LogP contribution in [0.5, 0.6) is 0 Å². The number of hydrogen-bond donors (Lipinski definition) is 2. The molecule has 1 amide bonds. The van der Waals surface area contributed by atoms with Gasteiger partial charge in [0.25, 0.3) is 5.91 Å². The number of nitrogens with one attached hydrogen (secondary N) is 1. The third kappa shape index (κ3) is 3.38. The molecule has 3 heterocycles. The molecule has 1 aromatic carbocycles. The van der Waals surface area contributed by atoms with E-state index in [0.717, 1.165) is 22.9 Å². The summed E-state index contributed by atoms with van der Waals surface area (Å²) in [4.78, 5) is 13.6. The number of rotatable bonds is 4. The second-order valence-corrected chi connectivity index (χ2v) is 7.84. The topological polar surface area (TPSA) is 72.1 Å². The highest BCUT2D eigenvalue weighted by atomic mass is 32.1. The number of carbonyl (C=O) groups excluding carboxylic acids is 1. The summed E-state index contributed by atoms with van der Waals surface area (Å²) in [6, 6.07) is 6.19. The summed E-state index contributed by atoms with van der Waals surface area (Å²) in [7, 11) is 1.76. The molecular weight excluding hydrogens is 405 g/mol. The van der Waals surface area contributed by atoms with E-state index in [4.69, 9.17) is 5.11 Å². The van der Waals surface area contributed by atoms with Crippen molar-refractivity contribution in [3.63, 3.8) is 0 Å². The van der Waals surface area contributed by atoms with Crippen molar-refractivity contribution in [2.24, 2.45) is 7.05 Å². The summed E-state index contributed by atoms with van der Waals surface area (Å²) in [6.07, 6.45) is -2.61. The Balaban J connectivity index is 1.86. The molecule has 0 saturated heterocycles. The maximum absolute atomic E-state index is 12.9. The number of benzene rings is 1. The molecule has 6 nitrogen and oxygen atoms in total. The first-order chi connectivity index (χ1) is 13.7. The first kappa shape index (κ1) is 19.5. The van der Waals surface area contributed by atoms with Crippen LogP contribution in [0, 0.1) is 0 Å². The Hall–Kier alpha value is -2.85. The highest BCUT2D eigenvalue weighted by molar-refractivity contribution is 7.20. The van der Waals surface area contributed by atoms with Crippen LogP contribution in [0.1, 0.15) is 22.2 Å². The molecule has 0 unspecified atom stereocenters. The van der Waals surface area contributed by atoms with Crippen LogP contribution in [-0.4, -0.2) is 38.0 Å². The van der Waals surface area contributed by atoms with Crippen LogP contribution < -0.4 is 5.32 Å². The van der Waals surface area contributed by atoms with Crippen molar-refractivity contribution in [2.75, 3.05) is 6.61 Å². The number of halogens is 3. The average molecular weight is 422 g/mol. The van der Waals surface area contributed by atoms with E-state index in [9.17, 15) is 18.0 Å². The summed E-state index contributed by atoms with van der Waals surface area (Å²) in [6.45, 7) is 1.51. The van der Waals surface area contributed by atoms with Crippen molar-refractivity contribution < 1.29 is 23.1 Å². The van der Waals surface area contributed by atoms with E-state index >= 15 is 0 Å². The Kier molecular flexibility index (Phi) is 4.62. The van der Waals surface area contributed by atoms with Crippen LogP contribution in [0.2, 0.25) is 0 Å². The third-order valence-electron chi connectivity index (χ3n) is 4.55. The van der Waals surface area contributed by atoms with Gasteiger partial charge in [-0.15, -0.1) is 11.3 Å². The molecule has 0 aliphatic heterocycles. The van der Waals surface area contributed by atoms with E-state index in [-0.39, 0.29) is 18.6 Å². The number of alkyl halides is 3. The molecule has 4 aromatic rings. The number of aryl methyl sites for hydroxylation is 1. The molecule has 0 fully saturated rings. The zero-order valence-electron chi connectivity index (χ0n) is 15.5. The minimum atomic E-state index is -4.41. The molecule has 0 spiro atoms. The molecular formula is C19H17F3N4O2S. The molecule has 0 aliphatic carbocycles. The Morgan fingerprint density at radius 2 is 1.97 bits per heavy atom. The molecule has 2 N–H and O–H groups in total. The van der Waals surface area contributed by atoms with Gasteiger partial charge < -0.3 is 10.4 Å². The monoisotopic (exact) mass is 422 g/mol. The van der Waals surface area contributed by atoms with Crippen molar-refractivity contribution in [3.05, 3.63) is 47.0 Å². The van der Waals surface area contributed by atoms with Gasteiger partial charge in [0, 0.05) is 35.7 Å². The van der Waals surface area contributed by atoms with E-state index < -0.39 is 11.7 Å². The van der Waals surface area contributed by atoms with Gasteiger partial charge in [-0.25, -0.2) is 0 Å². The van der Waals surface area contributed by atoms with E-state index in [1.807, 2.05) is 6.20 Å². The fraction of sp³-hybridized carbons (Fsp3) is 0.263. The number of aliphatic hydroxyl groups excluding tert-OH is 1. The quantitative estimate of drug-likeness (QED) is 0.527. The lowest BCUT2D eigenvalue weighted by molar-refractivity contribution is -0.137. The van der Waals surface area contributed by atoms with Gasteiger partial charge in [-0.1, -0.05) is 0 Å². The van der Waals surface area contributed by atoms with Crippen LogP contribution in [0.25, 0.3) is 26.9 Å². The Bertz CT molecular complexity index is 1200. The molecule has 1 atom stereocenters. The maximum Gasteiger partial charge on any atom is 0.416 e. The SMILES string of the molecule is C[C@H](CO)NC(=O)c1cc2c3cn(C)nc3n(-c3ccc(C(F)(F)F)cc3)c2s1. The maximum atomic E-state index is 12.9. The van der Waals surface area contributed by atoms with Gasteiger partial charge in [-0.3, -0.25) is 14.0 Å². The number of hydrogen-bond acceptors (Lipinski definition) is 4. The van der Waals surface area contributed by atoms with Crippen LogP contribution in [-0.2, 0) is 13.2 Å². The highest BCUT2D eigenvalue weighted by Crippen LogP contribution is 2.37. The Morgan fingerprint density at radius 3 is 2.59 bits per heavy atom. The normalized spacial score (nSPS) is 13.3. The minimum Gasteiger partial charge on any atom is -0.394 e. The van der Waals surface area contributed by atoms with Gasteiger partial charge in [-0.2, -0.15) is 18.3 Å². The first-order valence-electron chi connectivity index (χ1n) is 8.76. The molecule has 0 saturated carbocycles. The summed E-state index contributed by atoms with van der Waals surface area (Å²) in [5.41, 5.74) is 0.393. The van der Waals surface area contributed by atoms with Gasteiger partial charge >= 0.3 is 6.18 Å². The van der Waals surface area contributed by atoms with Gasteiger partial charge in [0.1, 0.15) is 4.83 Å². The lowest BCUT2D eigenvalue weighted by Gasteiger charge is -2.10. The van der Waals surface area contributed by atoms with Gasteiger partial charge in [0.15, 0.2) is 5.65 Å².